The number of benzene rings is 2. The number of carbonyl (C=O) groups excluding carboxylic acids is 1. The van der Waals surface area contributed by atoms with E-state index in [4.69, 9.17) is 0 Å². The zero-order chi connectivity index (χ0) is 21.3. The third-order valence-electron chi connectivity index (χ3n) is 4.69. The van der Waals surface area contributed by atoms with Crippen molar-refractivity contribution in [2.24, 2.45) is 0 Å². The van der Waals surface area contributed by atoms with Gasteiger partial charge < -0.3 is 5.32 Å². The molecule has 0 saturated heterocycles. The Bertz CT molecular complexity index is 1230. The molecule has 7 nitrogen and oxygen atoms in total. The van der Waals surface area contributed by atoms with Gasteiger partial charge in [-0.15, -0.1) is 0 Å². The highest BCUT2D eigenvalue weighted by molar-refractivity contribution is 7.90. The Morgan fingerprint density at radius 1 is 1.00 bits per heavy atom. The summed E-state index contributed by atoms with van der Waals surface area (Å²) in [5, 5.41) is 8.12. The molecule has 0 spiro atoms. The van der Waals surface area contributed by atoms with Gasteiger partial charge in [-0.3, -0.25) is 9.59 Å². The zero-order valence-corrected chi connectivity index (χ0v) is 17.5. The number of nitrogens with one attached hydrogen (secondary N) is 1. The Hall–Kier alpha value is -3.00. The van der Waals surface area contributed by atoms with E-state index < -0.39 is 15.7 Å². The number of carbonyl (C=O) groups is 1. The number of sulfone groups is 1. The molecule has 8 heteroatoms. The lowest BCUT2D eigenvalue weighted by Gasteiger charge is -2.17. The maximum atomic E-state index is 13.0. The lowest BCUT2D eigenvalue weighted by atomic mass is 10.1. The Morgan fingerprint density at radius 3 is 2.14 bits per heavy atom. The van der Waals surface area contributed by atoms with Crippen molar-refractivity contribution in [3.05, 3.63) is 70.1 Å². The third-order valence-corrected chi connectivity index (χ3v) is 5.82. The van der Waals surface area contributed by atoms with E-state index in [1.807, 2.05) is 13.8 Å². The number of nitrogens with zero attached hydrogens (tertiary/aromatic N) is 2. The van der Waals surface area contributed by atoms with Crippen LogP contribution in [0.5, 0.6) is 0 Å². The number of amides is 1. The van der Waals surface area contributed by atoms with Crippen molar-refractivity contribution in [3.8, 4) is 0 Å². The van der Waals surface area contributed by atoms with Gasteiger partial charge in [0.1, 0.15) is 0 Å². The van der Waals surface area contributed by atoms with Gasteiger partial charge in [-0.1, -0.05) is 30.3 Å². The summed E-state index contributed by atoms with van der Waals surface area (Å²) in [5.41, 5.74) is 0.692. The van der Waals surface area contributed by atoms with Gasteiger partial charge in [0.05, 0.1) is 22.4 Å². The maximum Gasteiger partial charge on any atom is 0.274 e. The quantitative estimate of drug-likeness (QED) is 0.694. The molecule has 1 amide bonds. The van der Waals surface area contributed by atoms with Crippen LogP contribution in [0.1, 0.15) is 48.9 Å². The molecule has 0 aliphatic rings. The van der Waals surface area contributed by atoms with E-state index in [9.17, 15) is 18.0 Å². The highest BCUT2D eigenvalue weighted by Gasteiger charge is 2.20. The molecule has 0 bridgehead atoms. The lowest BCUT2D eigenvalue weighted by molar-refractivity contribution is 0.0934. The largest absolute Gasteiger partial charge is 0.344 e. The first kappa shape index (κ1) is 20.7. The lowest BCUT2D eigenvalue weighted by Crippen LogP contribution is -2.32. The zero-order valence-electron chi connectivity index (χ0n) is 16.7. The normalized spacial score (nSPS) is 12.9. The first-order valence-electron chi connectivity index (χ1n) is 9.22. The summed E-state index contributed by atoms with van der Waals surface area (Å²) in [5.74, 6) is -0.407. The molecule has 1 heterocycles. The van der Waals surface area contributed by atoms with Gasteiger partial charge in [-0.2, -0.15) is 5.10 Å². The van der Waals surface area contributed by atoms with Crippen LogP contribution >= 0.6 is 0 Å². The molecule has 3 aromatic rings. The summed E-state index contributed by atoms with van der Waals surface area (Å²) in [6, 6.07) is 12.7. The summed E-state index contributed by atoms with van der Waals surface area (Å²) in [6.45, 7) is 5.46. The highest BCUT2D eigenvalue weighted by atomic mass is 32.2. The monoisotopic (exact) mass is 413 g/mol. The summed E-state index contributed by atoms with van der Waals surface area (Å²) in [7, 11) is -3.28. The van der Waals surface area contributed by atoms with Crippen molar-refractivity contribution in [1.29, 1.82) is 0 Å². The van der Waals surface area contributed by atoms with Crippen LogP contribution in [0.25, 0.3) is 10.8 Å². The van der Waals surface area contributed by atoms with E-state index in [0.29, 0.717) is 10.8 Å². The van der Waals surface area contributed by atoms with Gasteiger partial charge in [0.2, 0.25) is 0 Å². The van der Waals surface area contributed by atoms with E-state index in [1.54, 1.807) is 43.3 Å². The van der Waals surface area contributed by atoms with E-state index in [-0.39, 0.29) is 28.2 Å². The molecule has 3 rings (SSSR count). The predicted octanol–water partition coefficient (Wildman–Crippen LogP) is 2.87. The van der Waals surface area contributed by atoms with Crippen molar-refractivity contribution in [2.75, 3.05) is 6.26 Å². The van der Waals surface area contributed by atoms with Crippen molar-refractivity contribution >= 4 is 26.5 Å². The molecule has 29 heavy (non-hydrogen) atoms. The number of hydrogen-bond donors (Lipinski definition) is 1. The second-order valence-corrected chi connectivity index (χ2v) is 9.29. The first-order valence-corrected chi connectivity index (χ1v) is 11.1. The minimum absolute atomic E-state index is 0.175. The van der Waals surface area contributed by atoms with Gasteiger partial charge in [0.25, 0.3) is 11.5 Å². The average molecular weight is 413 g/mol. The van der Waals surface area contributed by atoms with Crippen molar-refractivity contribution in [2.45, 2.75) is 37.8 Å². The molecule has 0 aliphatic heterocycles. The molecule has 1 aromatic heterocycles. The number of aromatic nitrogens is 2. The smallest absolute Gasteiger partial charge is 0.274 e. The SMILES string of the molecule is CC(NC(=O)c1nn(C(C)C)c(=O)c2ccccc12)c1ccc(S(C)(=O)=O)cc1. The fourth-order valence-corrected chi connectivity index (χ4v) is 3.71. The van der Waals surface area contributed by atoms with Gasteiger partial charge in [-0.05, 0) is 44.5 Å². The standard InChI is InChI=1S/C21H23N3O4S/c1-13(2)24-21(26)18-8-6-5-7-17(18)19(23-24)20(25)22-14(3)15-9-11-16(12-10-15)29(4,27)28/h5-14H,1-4H3,(H,22,25). The number of hydrogen-bond acceptors (Lipinski definition) is 5. The van der Waals surface area contributed by atoms with Gasteiger partial charge in [0.15, 0.2) is 15.5 Å². The Kier molecular flexibility index (Phi) is 5.57. The van der Waals surface area contributed by atoms with Gasteiger partial charge in [-0.25, -0.2) is 13.1 Å². The summed E-state index contributed by atoms with van der Waals surface area (Å²) >= 11 is 0. The first-order chi connectivity index (χ1) is 13.6. The van der Waals surface area contributed by atoms with Crippen LogP contribution < -0.4 is 10.9 Å². The van der Waals surface area contributed by atoms with Crippen LogP contribution in [0.3, 0.4) is 0 Å². The van der Waals surface area contributed by atoms with E-state index in [0.717, 1.165) is 11.8 Å². The molecule has 152 valence electrons. The minimum atomic E-state index is -3.28. The highest BCUT2D eigenvalue weighted by Crippen LogP contribution is 2.19. The fraction of sp³-hybridized carbons (Fsp3) is 0.286. The molecule has 1 atom stereocenters. The molecule has 1 N–H and O–H groups in total. The number of fused-ring (bicyclic) bond motifs is 1. The average Bonchev–Trinajstić information content (AvgIpc) is 2.67. The van der Waals surface area contributed by atoms with Crippen LogP contribution in [0.4, 0.5) is 0 Å². The summed E-state index contributed by atoms with van der Waals surface area (Å²) in [6.07, 6.45) is 1.15. The minimum Gasteiger partial charge on any atom is -0.344 e. The topological polar surface area (TPSA) is 98.1 Å². The van der Waals surface area contributed by atoms with Crippen LogP contribution in [0, 0.1) is 0 Å². The van der Waals surface area contributed by atoms with E-state index >= 15 is 0 Å². The van der Waals surface area contributed by atoms with Crippen LogP contribution in [0.15, 0.2) is 58.2 Å². The van der Waals surface area contributed by atoms with Crippen molar-refractivity contribution in [1.82, 2.24) is 15.1 Å². The Labute approximate surface area is 169 Å². The molecule has 2 aromatic carbocycles. The molecule has 0 saturated carbocycles. The maximum absolute atomic E-state index is 13.0. The van der Waals surface area contributed by atoms with E-state index in [2.05, 4.69) is 10.4 Å². The van der Waals surface area contributed by atoms with Crippen LogP contribution in [0.2, 0.25) is 0 Å². The van der Waals surface area contributed by atoms with E-state index in [1.165, 1.54) is 16.8 Å². The Morgan fingerprint density at radius 2 is 1.59 bits per heavy atom. The molecule has 0 aliphatic carbocycles. The van der Waals surface area contributed by atoms with Crippen molar-refractivity contribution < 1.29 is 13.2 Å². The molecule has 0 radical (unpaired) electrons. The molecular weight excluding hydrogens is 390 g/mol. The van der Waals surface area contributed by atoms with Crippen LogP contribution in [-0.4, -0.2) is 30.4 Å². The summed E-state index contributed by atoms with van der Waals surface area (Å²) in [4.78, 5) is 25.8. The van der Waals surface area contributed by atoms with Crippen LogP contribution in [-0.2, 0) is 9.84 Å². The Balaban J connectivity index is 1.96. The third kappa shape index (κ3) is 4.22. The molecular formula is C21H23N3O4S. The second-order valence-electron chi connectivity index (χ2n) is 7.27. The fourth-order valence-electron chi connectivity index (χ4n) is 3.08. The second kappa shape index (κ2) is 7.79. The van der Waals surface area contributed by atoms with Gasteiger partial charge >= 0.3 is 0 Å². The molecule has 1 unspecified atom stereocenters. The van der Waals surface area contributed by atoms with Gasteiger partial charge in [0, 0.05) is 11.6 Å². The summed E-state index contributed by atoms with van der Waals surface area (Å²) < 4.78 is 24.5. The number of rotatable bonds is 5. The van der Waals surface area contributed by atoms with Crippen molar-refractivity contribution in [3.63, 3.8) is 0 Å². The molecule has 0 fully saturated rings. The predicted molar refractivity (Wildman–Crippen MR) is 112 cm³/mol.